The summed E-state index contributed by atoms with van der Waals surface area (Å²) in [4.78, 5) is 72.9. The maximum atomic E-state index is 13.1. The number of carbonyl (C=O) groups is 4. The molecule has 19 heteroatoms. The average Bonchev–Trinajstić information content (AvgIpc) is 1.75. The maximum Gasteiger partial charge on any atom is 0.472 e. The topological polar surface area (TPSA) is 237 Å². The zero-order chi connectivity index (χ0) is 69.8. The predicted molar refractivity (Wildman–Crippen MR) is 386 cm³/mol. The molecule has 0 amide bonds. The van der Waals surface area contributed by atoms with Crippen molar-refractivity contribution in [1.82, 2.24) is 0 Å². The quantitative estimate of drug-likeness (QED) is 0.0222. The fourth-order valence-corrected chi connectivity index (χ4v) is 13.3. The van der Waals surface area contributed by atoms with Gasteiger partial charge >= 0.3 is 39.5 Å². The molecule has 0 spiro atoms. The van der Waals surface area contributed by atoms with Gasteiger partial charge in [0.25, 0.3) is 0 Å². The molecule has 5 atom stereocenters. The van der Waals surface area contributed by atoms with Gasteiger partial charge in [-0.15, -0.1) is 0 Å². The molecule has 0 rings (SSSR count). The van der Waals surface area contributed by atoms with E-state index in [-0.39, 0.29) is 25.7 Å². The van der Waals surface area contributed by atoms with E-state index < -0.39 is 97.5 Å². The summed E-state index contributed by atoms with van der Waals surface area (Å²) in [5.41, 5.74) is 0. The largest absolute Gasteiger partial charge is 0.472 e. The molecule has 0 saturated carbocycles. The summed E-state index contributed by atoms with van der Waals surface area (Å²) in [7, 11) is -9.91. The van der Waals surface area contributed by atoms with E-state index in [0.717, 1.165) is 95.8 Å². The number of aliphatic hydroxyl groups excluding tert-OH is 1. The van der Waals surface area contributed by atoms with Crippen molar-refractivity contribution in [3.8, 4) is 0 Å². The van der Waals surface area contributed by atoms with Crippen LogP contribution in [0.2, 0.25) is 0 Å². The van der Waals surface area contributed by atoms with Crippen LogP contribution in [0.4, 0.5) is 0 Å². The van der Waals surface area contributed by atoms with Crippen molar-refractivity contribution in [2.24, 2.45) is 5.92 Å². The van der Waals surface area contributed by atoms with Gasteiger partial charge in [-0.3, -0.25) is 37.3 Å². The molecule has 0 aromatic carbocycles. The van der Waals surface area contributed by atoms with Gasteiger partial charge in [-0.2, -0.15) is 0 Å². The molecule has 2 unspecified atom stereocenters. The Morgan fingerprint density at radius 1 is 0.284 bits per heavy atom. The number of aliphatic hydroxyl groups is 1. The zero-order valence-electron chi connectivity index (χ0n) is 61.8. The van der Waals surface area contributed by atoms with Crippen LogP contribution >= 0.6 is 15.6 Å². The minimum atomic E-state index is -4.96. The fraction of sp³-hybridized carbons (Fsp3) is 0.947. The first-order valence-corrected chi connectivity index (χ1v) is 42.6. The number of esters is 4. The molecule has 0 aliphatic carbocycles. The molecule has 0 aliphatic rings. The normalized spacial score (nSPS) is 13.9. The summed E-state index contributed by atoms with van der Waals surface area (Å²) in [5.74, 6) is -1.36. The summed E-state index contributed by atoms with van der Waals surface area (Å²) < 4.78 is 68.6. The van der Waals surface area contributed by atoms with E-state index in [9.17, 15) is 43.2 Å². The van der Waals surface area contributed by atoms with Gasteiger partial charge in [-0.05, 0) is 31.6 Å². The number of phosphoric ester groups is 2. The molecular weight excluding hydrogens is 1250 g/mol. The van der Waals surface area contributed by atoms with Gasteiger partial charge in [0.15, 0.2) is 12.2 Å². The van der Waals surface area contributed by atoms with Crippen LogP contribution in [0.3, 0.4) is 0 Å². The lowest BCUT2D eigenvalue weighted by Gasteiger charge is -2.21. The van der Waals surface area contributed by atoms with Crippen LogP contribution < -0.4 is 0 Å². The Kier molecular flexibility index (Phi) is 67.7. The van der Waals surface area contributed by atoms with E-state index in [2.05, 4.69) is 34.6 Å². The van der Waals surface area contributed by atoms with Crippen LogP contribution in [0.15, 0.2) is 0 Å². The minimum Gasteiger partial charge on any atom is -0.462 e. The Morgan fingerprint density at radius 3 is 0.716 bits per heavy atom. The number of hydrogen-bond acceptors (Lipinski definition) is 15. The molecule has 0 heterocycles. The van der Waals surface area contributed by atoms with Gasteiger partial charge in [-0.1, -0.05) is 349 Å². The lowest BCUT2D eigenvalue weighted by atomic mass is 10.0. The van der Waals surface area contributed by atoms with Crippen molar-refractivity contribution in [1.29, 1.82) is 0 Å². The fourth-order valence-electron chi connectivity index (χ4n) is 11.7. The van der Waals surface area contributed by atoms with Crippen LogP contribution in [0.1, 0.15) is 401 Å². The Balaban J connectivity index is 5.26. The van der Waals surface area contributed by atoms with Crippen LogP contribution in [0.25, 0.3) is 0 Å². The third-order valence-corrected chi connectivity index (χ3v) is 19.7. The highest BCUT2D eigenvalue weighted by Gasteiger charge is 2.30. The Morgan fingerprint density at radius 2 is 0.484 bits per heavy atom. The van der Waals surface area contributed by atoms with Gasteiger partial charge < -0.3 is 33.8 Å². The molecule has 17 nitrogen and oxygen atoms in total. The second-order valence-electron chi connectivity index (χ2n) is 27.9. The third-order valence-electron chi connectivity index (χ3n) is 17.8. The summed E-state index contributed by atoms with van der Waals surface area (Å²) in [6.45, 7) is 7.30. The van der Waals surface area contributed by atoms with E-state index in [4.69, 9.17) is 37.0 Å². The molecule has 0 saturated heterocycles. The molecule has 564 valence electrons. The van der Waals surface area contributed by atoms with Gasteiger partial charge in [0.1, 0.15) is 19.3 Å². The number of rotatable bonds is 76. The molecule has 0 fully saturated rings. The molecule has 0 aliphatic heterocycles. The monoisotopic (exact) mass is 1400 g/mol. The maximum absolute atomic E-state index is 13.1. The molecule has 0 aromatic heterocycles. The highest BCUT2D eigenvalue weighted by atomic mass is 31.2. The van der Waals surface area contributed by atoms with Crippen LogP contribution in [-0.4, -0.2) is 96.7 Å². The van der Waals surface area contributed by atoms with Gasteiger partial charge in [-0.25, -0.2) is 9.13 Å². The van der Waals surface area contributed by atoms with Crippen molar-refractivity contribution in [3.63, 3.8) is 0 Å². The number of phosphoric acid groups is 2. The highest BCUT2D eigenvalue weighted by Crippen LogP contribution is 2.45. The molecule has 0 bridgehead atoms. The number of hydrogen-bond donors (Lipinski definition) is 3. The molecule has 0 radical (unpaired) electrons. The Hall–Kier alpha value is -1.94. The van der Waals surface area contributed by atoms with E-state index in [1.807, 2.05) is 0 Å². The minimum absolute atomic E-state index is 0.107. The number of carbonyl (C=O) groups excluding carboxylic acids is 4. The van der Waals surface area contributed by atoms with E-state index in [1.165, 1.54) is 225 Å². The molecule has 95 heavy (non-hydrogen) atoms. The lowest BCUT2D eigenvalue weighted by Crippen LogP contribution is -2.30. The predicted octanol–water partition coefficient (Wildman–Crippen LogP) is 22.5. The zero-order valence-corrected chi connectivity index (χ0v) is 63.6. The first-order valence-electron chi connectivity index (χ1n) is 39.6. The third kappa shape index (κ3) is 70.3. The Bertz CT molecular complexity index is 1820. The van der Waals surface area contributed by atoms with Gasteiger partial charge in [0.2, 0.25) is 0 Å². The van der Waals surface area contributed by atoms with Crippen molar-refractivity contribution in [2.45, 2.75) is 419 Å². The first-order chi connectivity index (χ1) is 46.0. The summed E-state index contributed by atoms with van der Waals surface area (Å²) in [5, 5.41) is 10.6. The standard InChI is InChI=1S/C76H148O17P2/c1-6-9-12-15-18-21-24-27-29-32-35-41-46-51-56-61-75(80)92-71(65-87-74(79)60-55-50-45-40-34-31-28-25-22-19-16-13-10-7-2)67-90-94(82,83)88-63-70(77)64-89-95(84,85)91-68-72(93-76(81)62-57-52-47-42-37-36-38-43-48-53-58-69(4)5)66-86-73(78)59-54-49-44-39-33-30-26-23-20-17-14-11-8-3/h69-72,77H,6-68H2,1-5H3,(H,82,83)(H,84,85)/t70-,71-,72-/m1/s1. The van der Waals surface area contributed by atoms with Crippen molar-refractivity contribution in [3.05, 3.63) is 0 Å². The number of ether oxygens (including phenoxy) is 4. The summed E-state index contributed by atoms with van der Waals surface area (Å²) in [6.07, 6.45) is 58.0. The second-order valence-corrected chi connectivity index (χ2v) is 30.8. The van der Waals surface area contributed by atoms with Crippen molar-refractivity contribution >= 4 is 39.5 Å². The molecular formula is C76H148O17P2. The van der Waals surface area contributed by atoms with Crippen molar-refractivity contribution < 1.29 is 80.2 Å². The SMILES string of the molecule is CCCCCCCCCCCCCCCCCC(=O)O[C@H](COC(=O)CCCCCCCCCCCCCCCC)COP(=O)(O)OC[C@@H](O)COP(=O)(O)OC[C@@H](COC(=O)CCCCCCCCCCCCCCC)OC(=O)CCCCCCCCCCCCC(C)C. The summed E-state index contributed by atoms with van der Waals surface area (Å²) in [6, 6.07) is 0. The van der Waals surface area contributed by atoms with Gasteiger partial charge in [0.05, 0.1) is 26.4 Å². The van der Waals surface area contributed by atoms with Crippen LogP contribution in [-0.2, 0) is 65.4 Å². The number of unbranched alkanes of at least 4 members (excludes halogenated alkanes) is 48. The lowest BCUT2D eigenvalue weighted by molar-refractivity contribution is -0.161. The van der Waals surface area contributed by atoms with Crippen LogP contribution in [0, 0.1) is 5.92 Å². The van der Waals surface area contributed by atoms with E-state index >= 15 is 0 Å². The van der Waals surface area contributed by atoms with Crippen molar-refractivity contribution in [2.75, 3.05) is 39.6 Å². The van der Waals surface area contributed by atoms with Crippen LogP contribution in [0.5, 0.6) is 0 Å². The summed E-state index contributed by atoms with van der Waals surface area (Å²) >= 11 is 0. The Labute approximate surface area is 581 Å². The smallest absolute Gasteiger partial charge is 0.462 e. The average molecular weight is 1400 g/mol. The van der Waals surface area contributed by atoms with E-state index in [1.54, 1.807) is 0 Å². The second kappa shape index (κ2) is 69.2. The molecule has 0 aromatic rings. The van der Waals surface area contributed by atoms with E-state index in [0.29, 0.717) is 25.7 Å². The molecule has 3 N–H and O–H groups in total. The first kappa shape index (κ1) is 93.1. The van der Waals surface area contributed by atoms with Gasteiger partial charge in [0, 0.05) is 25.7 Å². The highest BCUT2D eigenvalue weighted by molar-refractivity contribution is 7.47.